The van der Waals surface area contributed by atoms with Crippen LogP contribution in [0.2, 0.25) is 0 Å². The molecule has 1 saturated heterocycles. The first kappa shape index (κ1) is 14.5. The van der Waals surface area contributed by atoms with E-state index in [-0.39, 0.29) is 12.3 Å². The van der Waals surface area contributed by atoms with Crippen molar-refractivity contribution in [2.24, 2.45) is 0 Å². The van der Waals surface area contributed by atoms with Crippen LogP contribution in [0.1, 0.15) is 23.2 Å². The van der Waals surface area contributed by atoms with Crippen LogP contribution < -0.4 is 5.32 Å². The van der Waals surface area contributed by atoms with E-state index < -0.39 is 11.6 Å². The SMILES string of the molecule is CNC1CSCC1c1nc(Cc2ccc(F)cc2F)no1. The maximum atomic E-state index is 13.6. The first-order valence-corrected chi connectivity index (χ1v) is 7.84. The van der Waals surface area contributed by atoms with Crippen LogP contribution in [0.4, 0.5) is 8.78 Å². The molecular formula is C14H15F2N3OS. The molecule has 7 heteroatoms. The highest BCUT2D eigenvalue weighted by Crippen LogP contribution is 2.31. The van der Waals surface area contributed by atoms with Gasteiger partial charge in [-0.05, 0) is 18.7 Å². The molecule has 0 radical (unpaired) electrons. The van der Waals surface area contributed by atoms with Crippen LogP contribution in [0.15, 0.2) is 22.7 Å². The van der Waals surface area contributed by atoms with Crippen molar-refractivity contribution in [1.29, 1.82) is 0 Å². The number of hydrogen-bond acceptors (Lipinski definition) is 5. The highest BCUT2D eigenvalue weighted by Gasteiger charge is 2.32. The number of nitrogens with one attached hydrogen (secondary N) is 1. The van der Waals surface area contributed by atoms with Crippen molar-refractivity contribution in [3.05, 3.63) is 47.1 Å². The first-order chi connectivity index (χ1) is 10.2. The molecule has 2 unspecified atom stereocenters. The highest BCUT2D eigenvalue weighted by molar-refractivity contribution is 7.99. The minimum atomic E-state index is -0.593. The molecule has 0 bridgehead atoms. The van der Waals surface area contributed by atoms with Crippen LogP contribution in [0.3, 0.4) is 0 Å². The van der Waals surface area contributed by atoms with E-state index in [1.807, 2.05) is 18.8 Å². The van der Waals surface area contributed by atoms with E-state index in [1.165, 1.54) is 12.1 Å². The van der Waals surface area contributed by atoms with E-state index in [0.29, 0.717) is 23.3 Å². The predicted octanol–water partition coefficient (Wildman–Crippen LogP) is 2.36. The lowest BCUT2D eigenvalue weighted by atomic mass is 10.0. The summed E-state index contributed by atoms with van der Waals surface area (Å²) in [5.41, 5.74) is 0.356. The van der Waals surface area contributed by atoms with Gasteiger partial charge in [0.1, 0.15) is 11.6 Å². The fourth-order valence-electron chi connectivity index (χ4n) is 2.41. The number of thioether (sulfide) groups is 1. The number of hydrogen-bond donors (Lipinski definition) is 1. The number of nitrogens with zero attached hydrogens (tertiary/aromatic N) is 2. The third kappa shape index (κ3) is 3.08. The molecule has 1 aliphatic rings. The van der Waals surface area contributed by atoms with Crippen molar-refractivity contribution in [3.8, 4) is 0 Å². The van der Waals surface area contributed by atoms with Gasteiger partial charge >= 0.3 is 0 Å². The molecule has 1 aromatic carbocycles. The number of aromatic nitrogens is 2. The summed E-state index contributed by atoms with van der Waals surface area (Å²) in [6.07, 6.45) is 0.194. The van der Waals surface area contributed by atoms with Crippen molar-refractivity contribution in [1.82, 2.24) is 15.5 Å². The van der Waals surface area contributed by atoms with Crippen LogP contribution in [-0.2, 0) is 6.42 Å². The average molecular weight is 311 g/mol. The standard InChI is InChI=1S/C14H15F2N3OS/c1-17-12-7-21-6-10(12)14-18-13(19-20-14)4-8-2-3-9(15)5-11(8)16/h2-3,5,10,12,17H,4,6-7H2,1H3. The van der Waals surface area contributed by atoms with Gasteiger partial charge in [-0.2, -0.15) is 16.7 Å². The summed E-state index contributed by atoms with van der Waals surface area (Å²) in [7, 11) is 1.91. The lowest BCUT2D eigenvalue weighted by molar-refractivity contribution is 0.340. The molecule has 1 fully saturated rings. The Morgan fingerprint density at radius 1 is 1.38 bits per heavy atom. The van der Waals surface area contributed by atoms with E-state index in [9.17, 15) is 8.78 Å². The van der Waals surface area contributed by atoms with Gasteiger partial charge in [0, 0.05) is 30.0 Å². The predicted molar refractivity (Wildman–Crippen MR) is 76.4 cm³/mol. The van der Waals surface area contributed by atoms with Gasteiger partial charge < -0.3 is 9.84 Å². The number of rotatable bonds is 4. The van der Waals surface area contributed by atoms with Crippen molar-refractivity contribution >= 4 is 11.8 Å². The molecule has 1 N–H and O–H groups in total. The van der Waals surface area contributed by atoms with Gasteiger partial charge in [-0.1, -0.05) is 11.2 Å². The molecule has 1 aromatic heterocycles. The van der Waals surface area contributed by atoms with Crippen LogP contribution in [-0.4, -0.2) is 34.7 Å². The summed E-state index contributed by atoms with van der Waals surface area (Å²) in [6.45, 7) is 0. The monoisotopic (exact) mass is 311 g/mol. The Kier molecular flexibility index (Phi) is 4.21. The molecule has 21 heavy (non-hydrogen) atoms. The molecule has 2 heterocycles. The number of likely N-dealkylation sites (N-methyl/N-ethyl adjacent to an activating group) is 1. The Bertz CT molecular complexity index is 634. The molecule has 3 rings (SSSR count). The van der Waals surface area contributed by atoms with Gasteiger partial charge in [0.2, 0.25) is 5.89 Å². The lowest BCUT2D eigenvalue weighted by Crippen LogP contribution is -2.31. The fraction of sp³-hybridized carbons (Fsp3) is 0.429. The van der Waals surface area contributed by atoms with E-state index in [4.69, 9.17) is 4.52 Å². The van der Waals surface area contributed by atoms with E-state index in [1.54, 1.807) is 0 Å². The van der Waals surface area contributed by atoms with Gasteiger partial charge in [-0.15, -0.1) is 0 Å². The maximum absolute atomic E-state index is 13.6. The molecule has 4 nitrogen and oxygen atoms in total. The van der Waals surface area contributed by atoms with E-state index in [0.717, 1.165) is 17.6 Å². The second-order valence-corrected chi connectivity index (χ2v) is 6.08. The molecule has 112 valence electrons. The molecule has 1 aliphatic heterocycles. The number of halogens is 2. The Balaban J connectivity index is 1.76. The Morgan fingerprint density at radius 2 is 2.24 bits per heavy atom. The summed E-state index contributed by atoms with van der Waals surface area (Å²) < 4.78 is 31.8. The normalized spacial score (nSPS) is 21.9. The minimum absolute atomic E-state index is 0.180. The molecular weight excluding hydrogens is 296 g/mol. The molecule has 0 aliphatic carbocycles. The Labute approximate surface area is 125 Å². The molecule has 0 spiro atoms. The highest BCUT2D eigenvalue weighted by atomic mass is 32.2. The number of benzene rings is 1. The van der Waals surface area contributed by atoms with Gasteiger partial charge in [0.25, 0.3) is 0 Å². The van der Waals surface area contributed by atoms with Gasteiger partial charge in [-0.3, -0.25) is 0 Å². The van der Waals surface area contributed by atoms with Crippen molar-refractivity contribution in [2.75, 3.05) is 18.6 Å². The zero-order chi connectivity index (χ0) is 14.8. The Morgan fingerprint density at radius 3 is 3.00 bits per heavy atom. The van der Waals surface area contributed by atoms with Crippen molar-refractivity contribution in [2.45, 2.75) is 18.4 Å². The summed E-state index contributed by atoms with van der Waals surface area (Å²) in [4.78, 5) is 4.36. The summed E-state index contributed by atoms with van der Waals surface area (Å²) in [5.74, 6) is 1.93. The second kappa shape index (κ2) is 6.11. The molecule has 0 saturated carbocycles. The third-order valence-corrected chi connectivity index (χ3v) is 4.81. The van der Waals surface area contributed by atoms with Crippen molar-refractivity contribution in [3.63, 3.8) is 0 Å². The molecule has 2 aromatic rings. The van der Waals surface area contributed by atoms with Gasteiger partial charge in [-0.25, -0.2) is 8.78 Å². The maximum Gasteiger partial charge on any atom is 0.232 e. The zero-order valence-corrected chi connectivity index (χ0v) is 12.3. The summed E-state index contributed by atoms with van der Waals surface area (Å²) >= 11 is 1.84. The largest absolute Gasteiger partial charge is 0.339 e. The fourth-order valence-corrected chi connectivity index (χ4v) is 3.83. The molecule has 2 atom stereocenters. The summed E-state index contributed by atoms with van der Waals surface area (Å²) in [6, 6.07) is 3.80. The Hall–Kier alpha value is -1.47. The smallest absolute Gasteiger partial charge is 0.232 e. The van der Waals surface area contributed by atoms with Gasteiger partial charge in [0.15, 0.2) is 5.82 Å². The van der Waals surface area contributed by atoms with Gasteiger partial charge in [0.05, 0.1) is 5.92 Å². The quantitative estimate of drug-likeness (QED) is 0.939. The van der Waals surface area contributed by atoms with Crippen LogP contribution in [0.25, 0.3) is 0 Å². The van der Waals surface area contributed by atoms with Crippen LogP contribution in [0, 0.1) is 11.6 Å². The third-order valence-electron chi connectivity index (χ3n) is 3.62. The first-order valence-electron chi connectivity index (χ1n) is 6.69. The van der Waals surface area contributed by atoms with Crippen LogP contribution in [0.5, 0.6) is 0 Å². The average Bonchev–Trinajstić information content (AvgIpc) is 3.10. The molecule has 0 amide bonds. The second-order valence-electron chi connectivity index (χ2n) is 5.00. The van der Waals surface area contributed by atoms with E-state index in [2.05, 4.69) is 15.5 Å². The topological polar surface area (TPSA) is 51.0 Å². The zero-order valence-electron chi connectivity index (χ0n) is 11.5. The van der Waals surface area contributed by atoms with Crippen LogP contribution >= 0.6 is 11.8 Å². The minimum Gasteiger partial charge on any atom is -0.339 e. The van der Waals surface area contributed by atoms with Crippen molar-refractivity contribution < 1.29 is 13.3 Å². The lowest BCUT2D eigenvalue weighted by Gasteiger charge is -2.13. The van der Waals surface area contributed by atoms with E-state index >= 15 is 0 Å². The summed E-state index contributed by atoms with van der Waals surface area (Å²) in [5, 5.41) is 7.14.